The minimum absolute atomic E-state index is 0.723. The van der Waals surface area contributed by atoms with Crippen LogP contribution in [0.5, 0.6) is 0 Å². The Morgan fingerprint density at radius 1 is 1.27 bits per heavy atom. The zero-order valence-electron chi connectivity index (χ0n) is 16.2. The predicted octanol–water partition coefficient (Wildman–Crippen LogP) is 2.00. The van der Waals surface area contributed by atoms with Crippen LogP contribution in [0.4, 0.5) is 5.13 Å². The molecule has 0 aromatic carbocycles. The lowest BCUT2D eigenvalue weighted by molar-refractivity contribution is 0.728. The lowest BCUT2D eigenvalue weighted by Gasteiger charge is -2.13. The van der Waals surface area contributed by atoms with Crippen LogP contribution < -0.4 is 15.5 Å². The highest BCUT2D eigenvalue weighted by Crippen LogP contribution is 2.24. The van der Waals surface area contributed by atoms with E-state index in [0.717, 1.165) is 49.9 Å². The van der Waals surface area contributed by atoms with Crippen LogP contribution in [0.3, 0.4) is 0 Å². The Kier molecular flexibility index (Phi) is 6.13. The van der Waals surface area contributed by atoms with Gasteiger partial charge in [0.1, 0.15) is 0 Å². The Balaban J connectivity index is 1.45. The molecular formula is C18H29N7S. The Morgan fingerprint density at radius 2 is 2.04 bits per heavy atom. The maximum absolute atomic E-state index is 4.77. The van der Waals surface area contributed by atoms with Crippen LogP contribution in [0.2, 0.25) is 0 Å². The van der Waals surface area contributed by atoms with Crippen LogP contribution in [0, 0.1) is 13.8 Å². The van der Waals surface area contributed by atoms with E-state index in [1.807, 2.05) is 18.7 Å². The number of nitrogens with zero attached hydrogens (tertiary/aromatic N) is 5. The van der Waals surface area contributed by atoms with Crippen LogP contribution in [-0.2, 0) is 20.0 Å². The van der Waals surface area contributed by atoms with E-state index in [4.69, 9.17) is 4.98 Å². The topological polar surface area (TPSA) is 70.4 Å². The largest absolute Gasteiger partial charge is 0.356 e. The van der Waals surface area contributed by atoms with E-state index in [9.17, 15) is 0 Å². The van der Waals surface area contributed by atoms with Gasteiger partial charge in [-0.2, -0.15) is 5.10 Å². The molecule has 0 saturated carbocycles. The fourth-order valence-corrected chi connectivity index (χ4v) is 4.15. The summed E-state index contributed by atoms with van der Waals surface area (Å²) in [5.41, 5.74) is 4.62. The molecule has 0 aliphatic carbocycles. The number of thiazole rings is 1. The molecule has 3 rings (SSSR count). The lowest BCUT2D eigenvalue weighted by atomic mass is 10.2. The molecule has 1 fully saturated rings. The third-order valence-corrected chi connectivity index (χ3v) is 5.86. The van der Waals surface area contributed by atoms with Gasteiger partial charge in [0.05, 0.1) is 11.4 Å². The maximum Gasteiger partial charge on any atom is 0.191 e. The third-order valence-electron chi connectivity index (χ3n) is 4.90. The highest BCUT2D eigenvalue weighted by atomic mass is 32.1. The molecule has 0 amide bonds. The standard InChI is InChI=1S/C18H29N7S/c1-13-16(14(2)24(4)23-13)11-21-17(19-3)20-8-7-15-12-26-18(22-15)25-9-5-6-10-25/h12H,5-11H2,1-4H3,(H2,19,20,21). The molecule has 142 valence electrons. The van der Waals surface area contributed by atoms with Gasteiger partial charge in [0, 0.05) is 63.3 Å². The van der Waals surface area contributed by atoms with Crippen molar-refractivity contribution in [3.05, 3.63) is 28.0 Å². The average molecular weight is 376 g/mol. The molecule has 0 spiro atoms. The molecule has 2 aromatic rings. The molecule has 0 radical (unpaired) electrons. The van der Waals surface area contributed by atoms with Crippen molar-refractivity contribution in [2.75, 3.05) is 31.6 Å². The predicted molar refractivity (Wildman–Crippen MR) is 108 cm³/mol. The second-order valence-electron chi connectivity index (χ2n) is 6.69. The van der Waals surface area contributed by atoms with Crippen molar-refractivity contribution in [3.8, 4) is 0 Å². The summed E-state index contributed by atoms with van der Waals surface area (Å²) in [5.74, 6) is 0.808. The molecule has 2 N–H and O–H groups in total. The van der Waals surface area contributed by atoms with Gasteiger partial charge in [-0.25, -0.2) is 4.98 Å². The summed E-state index contributed by atoms with van der Waals surface area (Å²) in [7, 11) is 3.77. The van der Waals surface area contributed by atoms with Gasteiger partial charge in [-0.1, -0.05) is 0 Å². The van der Waals surface area contributed by atoms with Crippen molar-refractivity contribution in [2.45, 2.75) is 39.7 Å². The fraction of sp³-hybridized carbons (Fsp3) is 0.611. The SMILES string of the molecule is CN=C(NCCc1csc(N2CCCC2)n1)NCc1c(C)nn(C)c1C. The molecule has 0 bridgehead atoms. The number of hydrogen-bond donors (Lipinski definition) is 2. The van der Waals surface area contributed by atoms with Gasteiger partial charge in [-0.15, -0.1) is 11.3 Å². The summed E-state index contributed by atoms with van der Waals surface area (Å²) < 4.78 is 1.92. The molecule has 0 atom stereocenters. The molecule has 7 nitrogen and oxygen atoms in total. The highest BCUT2D eigenvalue weighted by Gasteiger charge is 2.15. The van der Waals surface area contributed by atoms with Gasteiger partial charge >= 0.3 is 0 Å². The number of aromatic nitrogens is 3. The van der Waals surface area contributed by atoms with Crippen molar-refractivity contribution >= 4 is 22.4 Å². The molecular weight excluding hydrogens is 346 g/mol. The van der Waals surface area contributed by atoms with Gasteiger partial charge in [-0.3, -0.25) is 9.67 Å². The number of aliphatic imine (C=N–C) groups is 1. The molecule has 8 heteroatoms. The summed E-state index contributed by atoms with van der Waals surface area (Å²) >= 11 is 1.76. The van der Waals surface area contributed by atoms with E-state index in [1.165, 1.54) is 29.2 Å². The number of anilines is 1. The van der Waals surface area contributed by atoms with E-state index in [1.54, 1.807) is 18.4 Å². The number of aryl methyl sites for hydroxylation is 2. The molecule has 3 heterocycles. The number of hydrogen-bond acceptors (Lipinski definition) is 5. The van der Waals surface area contributed by atoms with Crippen LogP contribution in [0.15, 0.2) is 10.4 Å². The van der Waals surface area contributed by atoms with E-state index in [-0.39, 0.29) is 0 Å². The zero-order chi connectivity index (χ0) is 18.5. The van der Waals surface area contributed by atoms with Gasteiger partial charge < -0.3 is 15.5 Å². The summed E-state index contributed by atoms with van der Waals surface area (Å²) in [6.07, 6.45) is 3.47. The summed E-state index contributed by atoms with van der Waals surface area (Å²) in [6.45, 7) is 7.96. The zero-order valence-corrected chi connectivity index (χ0v) is 17.0. The van der Waals surface area contributed by atoms with Gasteiger partial charge in [0.2, 0.25) is 0 Å². The number of guanidine groups is 1. The monoisotopic (exact) mass is 375 g/mol. The Hall–Kier alpha value is -2.09. The Morgan fingerprint density at radius 3 is 2.69 bits per heavy atom. The Labute approximate surface area is 159 Å². The van der Waals surface area contributed by atoms with E-state index >= 15 is 0 Å². The van der Waals surface area contributed by atoms with Crippen LogP contribution >= 0.6 is 11.3 Å². The van der Waals surface area contributed by atoms with E-state index in [2.05, 4.69) is 37.9 Å². The second-order valence-corrected chi connectivity index (χ2v) is 7.53. The van der Waals surface area contributed by atoms with Crippen molar-refractivity contribution in [3.63, 3.8) is 0 Å². The number of nitrogens with one attached hydrogen (secondary N) is 2. The number of rotatable bonds is 6. The van der Waals surface area contributed by atoms with Gasteiger partial charge in [0.25, 0.3) is 0 Å². The van der Waals surface area contributed by atoms with Crippen LogP contribution in [-0.4, -0.2) is 47.4 Å². The first-order chi connectivity index (χ1) is 12.6. The normalized spacial score (nSPS) is 14.9. The smallest absolute Gasteiger partial charge is 0.191 e. The minimum Gasteiger partial charge on any atom is -0.356 e. The molecule has 26 heavy (non-hydrogen) atoms. The first kappa shape index (κ1) is 18.7. The highest BCUT2D eigenvalue weighted by molar-refractivity contribution is 7.13. The molecule has 1 aliphatic heterocycles. The van der Waals surface area contributed by atoms with Crippen LogP contribution in [0.1, 0.15) is 35.5 Å². The van der Waals surface area contributed by atoms with Crippen molar-refractivity contribution in [1.82, 2.24) is 25.4 Å². The summed E-state index contributed by atoms with van der Waals surface area (Å²) in [4.78, 5) is 11.5. The molecule has 1 aliphatic rings. The quantitative estimate of drug-likeness (QED) is 0.597. The molecule has 0 unspecified atom stereocenters. The van der Waals surface area contributed by atoms with Crippen molar-refractivity contribution in [2.24, 2.45) is 12.0 Å². The first-order valence-corrected chi connectivity index (χ1v) is 10.1. The van der Waals surface area contributed by atoms with Gasteiger partial charge in [-0.05, 0) is 26.7 Å². The van der Waals surface area contributed by atoms with Gasteiger partial charge in [0.15, 0.2) is 11.1 Å². The minimum atomic E-state index is 0.723. The maximum atomic E-state index is 4.77. The lowest BCUT2D eigenvalue weighted by Crippen LogP contribution is -2.38. The fourth-order valence-electron chi connectivity index (χ4n) is 3.24. The van der Waals surface area contributed by atoms with Crippen molar-refractivity contribution in [1.29, 1.82) is 0 Å². The second kappa shape index (κ2) is 8.53. The Bertz CT molecular complexity index is 756. The molecule has 1 saturated heterocycles. The third kappa shape index (κ3) is 4.35. The van der Waals surface area contributed by atoms with E-state index in [0.29, 0.717) is 0 Å². The van der Waals surface area contributed by atoms with Crippen LogP contribution in [0.25, 0.3) is 0 Å². The first-order valence-electron chi connectivity index (χ1n) is 9.21. The molecule has 2 aromatic heterocycles. The van der Waals surface area contributed by atoms with E-state index < -0.39 is 0 Å². The summed E-state index contributed by atoms with van der Waals surface area (Å²) in [6, 6.07) is 0. The summed E-state index contributed by atoms with van der Waals surface area (Å²) in [5, 5.41) is 14.6. The van der Waals surface area contributed by atoms with Crippen molar-refractivity contribution < 1.29 is 0 Å². The average Bonchev–Trinajstić information content (AvgIpc) is 3.35.